The molecular formula is C16H12N2O4. The van der Waals surface area contributed by atoms with Crippen LogP contribution in [-0.2, 0) is 0 Å². The lowest BCUT2D eigenvalue weighted by atomic mass is 10.1. The summed E-state index contributed by atoms with van der Waals surface area (Å²) in [5.41, 5.74) is 8.27. The number of nitrogen functional groups attached to an aromatic ring is 1. The molecule has 0 aliphatic heterocycles. The second-order valence-electron chi connectivity index (χ2n) is 4.84. The minimum atomic E-state index is -1.01. The Morgan fingerprint density at radius 1 is 0.909 bits per heavy atom. The third-order valence-electron chi connectivity index (χ3n) is 3.47. The second kappa shape index (κ2) is 4.92. The average molecular weight is 296 g/mol. The maximum Gasteiger partial charge on any atom is 0.335 e. The van der Waals surface area contributed by atoms with Crippen molar-refractivity contribution in [3.05, 3.63) is 59.8 Å². The molecule has 0 atom stereocenters. The Hall–Kier alpha value is -3.28. The molecule has 0 bridgehead atoms. The van der Waals surface area contributed by atoms with Crippen molar-refractivity contribution in [1.82, 2.24) is 4.57 Å². The quantitative estimate of drug-likeness (QED) is 0.689. The van der Waals surface area contributed by atoms with Gasteiger partial charge in [0.25, 0.3) is 0 Å². The lowest BCUT2D eigenvalue weighted by molar-refractivity contribution is 0.0686. The van der Waals surface area contributed by atoms with E-state index in [0.29, 0.717) is 11.1 Å². The summed E-state index contributed by atoms with van der Waals surface area (Å²) in [7, 11) is 0. The van der Waals surface area contributed by atoms with Gasteiger partial charge in [0, 0.05) is 17.3 Å². The fourth-order valence-corrected chi connectivity index (χ4v) is 2.37. The molecule has 0 fully saturated rings. The molecule has 110 valence electrons. The fourth-order valence-electron chi connectivity index (χ4n) is 2.37. The van der Waals surface area contributed by atoms with E-state index in [1.54, 1.807) is 29.0 Å². The molecule has 0 spiro atoms. The van der Waals surface area contributed by atoms with Gasteiger partial charge in [-0.15, -0.1) is 0 Å². The maximum absolute atomic E-state index is 11.0. The topological polar surface area (TPSA) is 106 Å². The number of nitrogens with two attached hydrogens (primary N) is 1. The van der Waals surface area contributed by atoms with Crippen LogP contribution in [0.2, 0.25) is 0 Å². The molecule has 1 aromatic heterocycles. The Morgan fingerprint density at radius 2 is 1.50 bits per heavy atom. The minimum Gasteiger partial charge on any atom is -0.478 e. The van der Waals surface area contributed by atoms with Crippen LogP contribution >= 0.6 is 0 Å². The number of hydrogen-bond donors (Lipinski definition) is 3. The summed E-state index contributed by atoms with van der Waals surface area (Å²) >= 11 is 0. The Bertz CT molecular complexity index is 894. The summed E-state index contributed by atoms with van der Waals surface area (Å²) < 4.78 is 1.79. The van der Waals surface area contributed by atoms with E-state index in [1.807, 2.05) is 0 Å². The lowest BCUT2D eigenvalue weighted by Gasteiger charge is -2.06. The monoisotopic (exact) mass is 296 g/mol. The van der Waals surface area contributed by atoms with Gasteiger partial charge in [-0.2, -0.15) is 0 Å². The van der Waals surface area contributed by atoms with Gasteiger partial charge in [-0.3, -0.25) is 0 Å². The fraction of sp³-hybridized carbons (Fsp3) is 0. The van der Waals surface area contributed by atoms with Crippen LogP contribution in [0.5, 0.6) is 0 Å². The van der Waals surface area contributed by atoms with Gasteiger partial charge < -0.3 is 20.5 Å². The number of aromatic carboxylic acids is 2. The van der Waals surface area contributed by atoms with Crippen molar-refractivity contribution in [2.24, 2.45) is 0 Å². The molecule has 0 aliphatic rings. The number of anilines is 1. The van der Waals surface area contributed by atoms with Crippen LogP contribution in [0.25, 0.3) is 16.6 Å². The molecule has 0 saturated carbocycles. The summed E-state index contributed by atoms with van der Waals surface area (Å²) in [4.78, 5) is 21.9. The standard InChI is InChI=1S/C16H12N2O4/c17-13-8-18(11-4-1-9(2-5-11)15(19)20)14-6-3-10(16(21)22)7-12(13)14/h1-8H,17H2,(H,19,20)(H,21,22). The van der Waals surface area contributed by atoms with Crippen molar-refractivity contribution in [3.63, 3.8) is 0 Å². The first-order valence-electron chi connectivity index (χ1n) is 6.45. The van der Waals surface area contributed by atoms with Crippen molar-refractivity contribution in [2.75, 3.05) is 5.73 Å². The van der Waals surface area contributed by atoms with E-state index in [2.05, 4.69) is 0 Å². The predicted molar refractivity (Wildman–Crippen MR) is 81.6 cm³/mol. The highest BCUT2D eigenvalue weighted by molar-refractivity contribution is 5.99. The molecule has 1 heterocycles. The van der Waals surface area contributed by atoms with E-state index in [0.717, 1.165) is 11.2 Å². The zero-order chi connectivity index (χ0) is 15.9. The van der Waals surface area contributed by atoms with Crippen LogP contribution in [-0.4, -0.2) is 26.7 Å². The normalized spacial score (nSPS) is 10.7. The smallest absolute Gasteiger partial charge is 0.335 e. The molecule has 3 aromatic rings. The van der Waals surface area contributed by atoms with E-state index < -0.39 is 11.9 Å². The first kappa shape index (κ1) is 13.7. The molecule has 2 aromatic carbocycles. The molecular weight excluding hydrogens is 284 g/mol. The largest absolute Gasteiger partial charge is 0.478 e. The third-order valence-corrected chi connectivity index (χ3v) is 3.47. The number of nitrogens with zero attached hydrogens (tertiary/aromatic N) is 1. The van der Waals surface area contributed by atoms with E-state index in [4.69, 9.17) is 15.9 Å². The molecule has 6 heteroatoms. The van der Waals surface area contributed by atoms with E-state index >= 15 is 0 Å². The van der Waals surface area contributed by atoms with E-state index in [1.165, 1.54) is 24.3 Å². The maximum atomic E-state index is 11.0. The lowest BCUT2D eigenvalue weighted by Crippen LogP contribution is -1.98. The Balaban J connectivity index is 2.15. The molecule has 0 amide bonds. The van der Waals surface area contributed by atoms with Crippen molar-refractivity contribution in [2.45, 2.75) is 0 Å². The average Bonchev–Trinajstić information content (AvgIpc) is 2.84. The molecule has 3 rings (SSSR count). The molecule has 0 unspecified atom stereocenters. The number of aromatic nitrogens is 1. The number of carboxylic acid groups (broad SMARTS) is 2. The van der Waals surface area contributed by atoms with Crippen molar-refractivity contribution < 1.29 is 19.8 Å². The van der Waals surface area contributed by atoms with Crippen LogP contribution in [0.15, 0.2) is 48.7 Å². The Labute approximate surface area is 125 Å². The van der Waals surface area contributed by atoms with E-state index in [9.17, 15) is 9.59 Å². The van der Waals surface area contributed by atoms with Crippen molar-refractivity contribution in [3.8, 4) is 5.69 Å². The van der Waals surface area contributed by atoms with Gasteiger partial charge in [0.1, 0.15) is 0 Å². The SMILES string of the molecule is Nc1cn(-c2ccc(C(=O)O)cc2)c2ccc(C(=O)O)cc12. The first-order valence-corrected chi connectivity index (χ1v) is 6.45. The highest BCUT2D eigenvalue weighted by Gasteiger charge is 2.11. The highest BCUT2D eigenvalue weighted by Crippen LogP contribution is 2.28. The van der Waals surface area contributed by atoms with Gasteiger partial charge in [0.05, 0.1) is 22.3 Å². The summed E-state index contributed by atoms with van der Waals surface area (Å²) in [6.45, 7) is 0. The van der Waals surface area contributed by atoms with Crippen LogP contribution in [0.1, 0.15) is 20.7 Å². The third kappa shape index (κ3) is 2.16. The molecule has 4 N–H and O–H groups in total. The van der Waals surface area contributed by atoms with E-state index in [-0.39, 0.29) is 11.1 Å². The van der Waals surface area contributed by atoms with Crippen molar-refractivity contribution in [1.29, 1.82) is 0 Å². The van der Waals surface area contributed by atoms with Gasteiger partial charge in [0.2, 0.25) is 0 Å². The van der Waals surface area contributed by atoms with Crippen LogP contribution in [0.3, 0.4) is 0 Å². The Kier molecular flexibility index (Phi) is 3.06. The van der Waals surface area contributed by atoms with Gasteiger partial charge in [0.15, 0.2) is 0 Å². The number of benzene rings is 2. The van der Waals surface area contributed by atoms with Gasteiger partial charge in [-0.1, -0.05) is 0 Å². The molecule has 22 heavy (non-hydrogen) atoms. The van der Waals surface area contributed by atoms with Gasteiger partial charge >= 0.3 is 11.9 Å². The molecule has 0 saturated heterocycles. The van der Waals surface area contributed by atoms with Crippen molar-refractivity contribution >= 4 is 28.5 Å². The number of fused-ring (bicyclic) bond motifs is 1. The number of rotatable bonds is 3. The summed E-state index contributed by atoms with van der Waals surface area (Å²) in [6, 6.07) is 11.1. The van der Waals surface area contributed by atoms with Crippen LogP contribution in [0.4, 0.5) is 5.69 Å². The minimum absolute atomic E-state index is 0.165. The van der Waals surface area contributed by atoms with Crippen LogP contribution in [0, 0.1) is 0 Å². The van der Waals surface area contributed by atoms with Gasteiger partial charge in [-0.05, 0) is 42.5 Å². The summed E-state index contributed by atoms with van der Waals surface area (Å²) in [6.07, 6.45) is 1.69. The Morgan fingerprint density at radius 3 is 2.09 bits per heavy atom. The number of carbonyl (C=O) groups is 2. The number of carboxylic acids is 2. The predicted octanol–water partition coefficient (Wildman–Crippen LogP) is 2.61. The van der Waals surface area contributed by atoms with Gasteiger partial charge in [-0.25, -0.2) is 9.59 Å². The first-order chi connectivity index (χ1) is 10.5. The molecule has 0 aliphatic carbocycles. The molecule has 6 nitrogen and oxygen atoms in total. The zero-order valence-electron chi connectivity index (χ0n) is 11.4. The number of hydrogen-bond acceptors (Lipinski definition) is 3. The summed E-state index contributed by atoms with van der Waals surface area (Å²) in [5.74, 6) is -2.01. The van der Waals surface area contributed by atoms with Crippen LogP contribution < -0.4 is 5.73 Å². The summed E-state index contributed by atoms with van der Waals surface area (Å²) in [5, 5.41) is 18.6. The second-order valence-corrected chi connectivity index (χ2v) is 4.84. The molecule has 0 radical (unpaired) electrons. The highest BCUT2D eigenvalue weighted by atomic mass is 16.4. The zero-order valence-corrected chi connectivity index (χ0v) is 11.4.